The first-order valence-electron chi connectivity index (χ1n) is 12.2. The number of nitrogens with zero attached hydrogens (tertiary/aromatic N) is 5. The highest BCUT2D eigenvalue weighted by Gasteiger charge is 2.47. The number of aromatic nitrogens is 5. The fourth-order valence-corrected chi connectivity index (χ4v) is 6.33. The Kier molecular flexibility index (Phi) is 4.51. The van der Waals surface area contributed by atoms with Gasteiger partial charge in [-0.05, 0) is 55.9 Å². The van der Waals surface area contributed by atoms with Crippen LogP contribution in [-0.2, 0) is 23.9 Å². The molecule has 0 saturated heterocycles. The topological polar surface area (TPSA) is 89.7 Å². The van der Waals surface area contributed by atoms with Crippen LogP contribution in [0, 0.1) is 0 Å². The maximum Gasteiger partial charge on any atom is 0.278 e. The van der Waals surface area contributed by atoms with Gasteiger partial charge in [0, 0.05) is 47.7 Å². The summed E-state index contributed by atoms with van der Waals surface area (Å²) in [6.45, 7) is 3.88. The van der Waals surface area contributed by atoms with E-state index in [1.165, 1.54) is 35.3 Å². The highest BCUT2D eigenvalue weighted by Crippen LogP contribution is 2.51. The molecule has 4 heterocycles. The zero-order chi connectivity index (χ0) is 23.8. The van der Waals surface area contributed by atoms with E-state index >= 15 is 0 Å². The molecule has 1 spiro atoms. The molecule has 2 fully saturated rings. The molecule has 1 aromatic carbocycles. The Morgan fingerprint density at radius 3 is 2.83 bits per heavy atom. The fourth-order valence-electron chi connectivity index (χ4n) is 5.38. The molecule has 3 aliphatic rings. The van der Waals surface area contributed by atoms with E-state index < -0.39 is 12.1 Å². The number of halogens is 1. The van der Waals surface area contributed by atoms with Crippen molar-refractivity contribution in [3.05, 3.63) is 57.0 Å². The molecule has 35 heavy (non-hydrogen) atoms. The molecule has 0 unspecified atom stereocenters. The van der Waals surface area contributed by atoms with Gasteiger partial charge >= 0.3 is 0 Å². The Hall–Kier alpha value is -3.11. The zero-order valence-corrected chi connectivity index (χ0v) is 20.3. The SMILES string of the molecule is CCn1c(=O)c2cnc(Nc3ccc4c(c3)CNCC43CC3)nc2n1-c1nc(C2(CF)CC2)cs1. The fraction of sp³-hybridized carbons (Fsp3) is 0.440. The molecular formula is C25H26FN7OS. The van der Waals surface area contributed by atoms with Crippen molar-refractivity contribution in [3.63, 3.8) is 0 Å². The quantitative estimate of drug-likeness (QED) is 0.425. The third kappa shape index (κ3) is 3.19. The molecule has 0 bridgehead atoms. The molecule has 0 radical (unpaired) electrons. The second-order valence-electron chi connectivity index (χ2n) is 10.1. The van der Waals surface area contributed by atoms with Crippen molar-refractivity contribution in [3.8, 4) is 5.13 Å². The molecule has 2 aliphatic carbocycles. The summed E-state index contributed by atoms with van der Waals surface area (Å²) in [7, 11) is 0. The van der Waals surface area contributed by atoms with E-state index in [1.807, 2.05) is 12.3 Å². The highest BCUT2D eigenvalue weighted by atomic mass is 32.1. The van der Waals surface area contributed by atoms with E-state index in [1.54, 1.807) is 15.6 Å². The van der Waals surface area contributed by atoms with E-state index in [0.717, 1.165) is 37.3 Å². The number of benzene rings is 1. The summed E-state index contributed by atoms with van der Waals surface area (Å²) in [6, 6.07) is 6.48. The number of rotatable bonds is 6. The van der Waals surface area contributed by atoms with Gasteiger partial charge in [0.15, 0.2) is 5.65 Å². The summed E-state index contributed by atoms with van der Waals surface area (Å²) < 4.78 is 17.0. The van der Waals surface area contributed by atoms with Gasteiger partial charge in [0.05, 0.1) is 5.69 Å². The van der Waals surface area contributed by atoms with Crippen LogP contribution in [0.5, 0.6) is 0 Å². The van der Waals surface area contributed by atoms with Crippen LogP contribution in [0.15, 0.2) is 34.6 Å². The summed E-state index contributed by atoms with van der Waals surface area (Å²) in [5.41, 5.74) is 4.66. The standard InChI is InChI=1S/C25H26FN7OS/c1-2-32-21(34)17-11-28-22(29-16-3-4-18-15(9-16)10-27-14-25(18)7-8-25)31-20(17)33(32)23-30-19(12-35-23)24(13-26)5-6-24/h3-4,9,11-12,27H,2,5-8,10,13-14H2,1H3,(H,28,29,31). The molecule has 0 atom stereocenters. The van der Waals surface area contributed by atoms with E-state index in [9.17, 15) is 9.18 Å². The average Bonchev–Trinajstić information content (AvgIpc) is 3.77. The van der Waals surface area contributed by atoms with Crippen LogP contribution in [0.4, 0.5) is 16.0 Å². The Labute approximate surface area is 205 Å². The van der Waals surface area contributed by atoms with Gasteiger partial charge in [-0.25, -0.2) is 19.3 Å². The highest BCUT2D eigenvalue weighted by molar-refractivity contribution is 7.12. The van der Waals surface area contributed by atoms with Crippen molar-refractivity contribution in [2.75, 3.05) is 18.5 Å². The van der Waals surface area contributed by atoms with Crippen LogP contribution in [-0.4, -0.2) is 37.5 Å². The van der Waals surface area contributed by atoms with Crippen LogP contribution in [0.3, 0.4) is 0 Å². The number of fused-ring (bicyclic) bond motifs is 3. The molecule has 2 N–H and O–H groups in total. The summed E-state index contributed by atoms with van der Waals surface area (Å²) in [5, 5.41) is 9.83. The molecule has 1 aliphatic heterocycles. The van der Waals surface area contributed by atoms with E-state index in [-0.39, 0.29) is 5.56 Å². The largest absolute Gasteiger partial charge is 0.324 e. The predicted molar refractivity (Wildman–Crippen MR) is 134 cm³/mol. The van der Waals surface area contributed by atoms with Crippen molar-refractivity contribution in [2.24, 2.45) is 0 Å². The lowest BCUT2D eigenvalue weighted by molar-refractivity contribution is 0.412. The first kappa shape index (κ1) is 21.2. The van der Waals surface area contributed by atoms with Crippen molar-refractivity contribution in [1.82, 2.24) is 29.6 Å². The molecule has 7 rings (SSSR count). The lowest BCUT2D eigenvalue weighted by atomic mass is 9.88. The third-order valence-electron chi connectivity index (χ3n) is 7.87. The van der Waals surface area contributed by atoms with Crippen LogP contribution >= 0.6 is 11.3 Å². The minimum Gasteiger partial charge on any atom is -0.324 e. The number of thiazole rings is 1. The van der Waals surface area contributed by atoms with Gasteiger partial charge < -0.3 is 10.6 Å². The van der Waals surface area contributed by atoms with Crippen molar-refractivity contribution < 1.29 is 4.39 Å². The monoisotopic (exact) mass is 491 g/mol. The summed E-state index contributed by atoms with van der Waals surface area (Å²) in [6.07, 6.45) is 5.70. The average molecular weight is 492 g/mol. The molecule has 10 heteroatoms. The zero-order valence-electron chi connectivity index (χ0n) is 19.5. The Morgan fingerprint density at radius 2 is 2.09 bits per heavy atom. The smallest absolute Gasteiger partial charge is 0.278 e. The minimum atomic E-state index is -0.447. The second kappa shape index (κ2) is 7.44. The summed E-state index contributed by atoms with van der Waals surface area (Å²) in [5.74, 6) is 0.420. The molecule has 3 aromatic heterocycles. The Balaban J connectivity index is 1.28. The molecule has 0 amide bonds. The van der Waals surface area contributed by atoms with Crippen molar-refractivity contribution in [1.29, 1.82) is 0 Å². The summed E-state index contributed by atoms with van der Waals surface area (Å²) in [4.78, 5) is 27.0. The van der Waals surface area contributed by atoms with Gasteiger partial charge in [-0.2, -0.15) is 4.98 Å². The number of alkyl halides is 1. The van der Waals surface area contributed by atoms with Crippen molar-refractivity contribution in [2.45, 2.75) is 56.5 Å². The molecule has 4 aromatic rings. The van der Waals surface area contributed by atoms with Gasteiger partial charge in [0.2, 0.25) is 11.1 Å². The molecule has 2 saturated carbocycles. The second-order valence-corrected chi connectivity index (χ2v) is 10.9. The van der Waals surface area contributed by atoms with E-state index in [4.69, 9.17) is 9.97 Å². The van der Waals surface area contributed by atoms with E-state index in [2.05, 4.69) is 33.8 Å². The molecule has 180 valence electrons. The van der Waals surface area contributed by atoms with Crippen molar-refractivity contribution >= 4 is 34.0 Å². The van der Waals surface area contributed by atoms with Gasteiger partial charge in [-0.3, -0.25) is 9.18 Å². The number of nitrogens with one attached hydrogen (secondary N) is 2. The lowest BCUT2D eigenvalue weighted by Gasteiger charge is -2.26. The normalized spacial score (nSPS) is 19.1. The molecular weight excluding hydrogens is 465 g/mol. The third-order valence-corrected chi connectivity index (χ3v) is 8.68. The Bertz CT molecular complexity index is 1530. The van der Waals surface area contributed by atoms with Crippen LogP contribution in [0.1, 0.15) is 49.4 Å². The first-order valence-corrected chi connectivity index (χ1v) is 13.1. The Morgan fingerprint density at radius 1 is 1.23 bits per heavy atom. The van der Waals surface area contributed by atoms with Crippen LogP contribution in [0.2, 0.25) is 0 Å². The first-order chi connectivity index (χ1) is 17.1. The minimum absolute atomic E-state index is 0.160. The van der Waals surface area contributed by atoms with Gasteiger partial charge in [0.1, 0.15) is 12.1 Å². The van der Waals surface area contributed by atoms with Crippen LogP contribution < -0.4 is 16.2 Å². The summed E-state index contributed by atoms with van der Waals surface area (Å²) >= 11 is 1.41. The predicted octanol–water partition coefficient (Wildman–Crippen LogP) is 3.94. The van der Waals surface area contributed by atoms with Gasteiger partial charge in [-0.15, -0.1) is 11.3 Å². The maximum atomic E-state index is 13.6. The lowest BCUT2D eigenvalue weighted by Crippen LogP contribution is -2.33. The van der Waals surface area contributed by atoms with Gasteiger partial charge in [-0.1, -0.05) is 6.07 Å². The molecule has 8 nitrogen and oxygen atoms in total. The number of anilines is 2. The van der Waals surface area contributed by atoms with Gasteiger partial charge in [0.25, 0.3) is 5.56 Å². The number of hydrogen-bond donors (Lipinski definition) is 2. The van der Waals surface area contributed by atoms with Crippen LogP contribution in [0.25, 0.3) is 16.2 Å². The van der Waals surface area contributed by atoms with E-state index in [0.29, 0.717) is 34.1 Å². The number of hydrogen-bond acceptors (Lipinski definition) is 7. The maximum absolute atomic E-state index is 13.6.